The predicted octanol–water partition coefficient (Wildman–Crippen LogP) is 2.59. The maximum Gasteiger partial charge on any atom is 0.271 e. The standard InChI is InChI=1S/C20H17F2N3O3/c1-13(20(27)23-12-14-3-2-4-16(22)11-14)28-18-9-10-19(26)25(24-18)17-7-5-15(21)6-8-17/h2-11,13H,12H2,1H3,(H,23,27). The molecule has 1 unspecified atom stereocenters. The number of nitrogens with one attached hydrogen (secondary N) is 1. The first kappa shape index (κ1) is 19.2. The van der Waals surface area contributed by atoms with E-state index in [9.17, 15) is 18.4 Å². The van der Waals surface area contributed by atoms with Crippen molar-refractivity contribution in [2.45, 2.75) is 19.6 Å². The molecule has 3 rings (SSSR count). The fourth-order valence-electron chi connectivity index (χ4n) is 2.44. The van der Waals surface area contributed by atoms with Crippen LogP contribution in [0.3, 0.4) is 0 Å². The number of benzene rings is 2. The summed E-state index contributed by atoms with van der Waals surface area (Å²) in [5, 5.41) is 6.70. The Morgan fingerprint density at radius 3 is 2.57 bits per heavy atom. The van der Waals surface area contributed by atoms with E-state index < -0.39 is 23.4 Å². The van der Waals surface area contributed by atoms with Crippen LogP contribution >= 0.6 is 0 Å². The zero-order valence-electron chi connectivity index (χ0n) is 14.9. The lowest BCUT2D eigenvalue weighted by atomic mass is 10.2. The SMILES string of the molecule is CC(Oc1ccc(=O)n(-c2ccc(F)cc2)n1)C(=O)NCc1cccc(F)c1. The quantitative estimate of drug-likeness (QED) is 0.708. The third kappa shape index (κ3) is 4.79. The monoisotopic (exact) mass is 385 g/mol. The van der Waals surface area contributed by atoms with Gasteiger partial charge in [-0.15, -0.1) is 5.10 Å². The third-order valence-corrected chi connectivity index (χ3v) is 3.87. The summed E-state index contributed by atoms with van der Waals surface area (Å²) in [4.78, 5) is 24.2. The highest BCUT2D eigenvalue weighted by Gasteiger charge is 2.16. The predicted molar refractivity (Wildman–Crippen MR) is 98.1 cm³/mol. The van der Waals surface area contributed by atoms with Crippen LogP contribution < -0.4 is 15.6 Å². The van der Waals surface area contributed by atoms with Crippen LogP contribution in [0.4, 0.5) is 8.78 Å². The van der Waals surface area contributed by atoms with Gasteiger partial charge in [0.25, 0.3) is 11.5 Å². The van der Waals surface area contributed by atoms with Gasteiger partial charge in [0.05, 0.1) is 5.69 Å². The van der Waals surface area contributed by atoms with E-state index in [0.29, 0.717) is 11.3 Å². The molecule has 0 saturated heterocycles. The van der Waals surface area contributed by atoms with Crippen molar-refractivity contribution in [3.8, 4) is 11.6 Å². The van der Waals surface area contributed by atoms with Crippen molar-refractivity contribution in [3.63, 3.8) is 0 Å². The molecule has 8 heteroatoms. The Hall–Kier alpha value is -3.55. The van der Waals surface area contributed by atoms with Crippen molar-refractivity contribution in [1.82, 2.24) is 15.1 Å². The molecule has 1 amide bonds. The smallest absolute Gasteiger partial charge is 0.271 e. The van der Waals surface area contributed by atoms with Gasteiger partial charge in [0, 0.05) is 18.7 Å². The summed E-state index contributed by atoms with van der Waals surface area (Å²) in [7, 11) is 0. The number of carbonyl (C=O) groups is 1. The minimum Gasteiger partial charge on any atom is -0.464 e. The Labute approximate surface area is 159 Å². The van der Waals surface area contributed by atoms with Crippen LogP contribution in [-0.4, -0.2) is 21.8 Å². The van der Waals surface area contributed by atoms with E-state index in [-0.39, 0.29) is 18.2 Å². The highest BCUT2D eigenvalue weighted by molar-refractivity contribution is 5.80. The molecule has 2 aromatic carbocycles. The van der Waals surface area contributed by atoms with Gasteiger partial charge in [0.1, 0.15) is 11.6 Å². The van der Waals surface area contributed by atoms with Crippen LogP contribution in [0.2, 0.25) is 0 Å². The zero-order chi connectivity index (χ0) is 20.1. The van der Waals surface area contributed by atoms with Crippen molar-refractivity contribution >= 4 is 5.91 Å². The van der Waals surface area contributed by atoms with Gasteiger partial charge in [-0.3, -0.25) is 9.59 Å². The van der Waals surface area contributed by atoms with Gasteiger partial charge in [0.2, 0.25) is 5.88 Å². The van der Waals surface area contributed by atoms with Crippen LogP contribution in [0.15, 0.2) is 65.5 Å². The maximum atomic E-state index is 13.2. The lowest BCUT2D eigenvalue weighted by Gasteiger charge is -2.15. The van der Waals surface area contributed by atoms with E-state index in [0.717, 1.165) is 4.68 Å². The molecule has 0 aliphatic heterocycles. The number of rotatable bonds is 6. The third-order valence-electron chi connectivity index (χ3n) is 3.87. The average Bonchev–Trinajstić information content (AvgIpc) is 2.68. The number of ether oxygens (including phenoxy) is 1. The normalized spacial score (nSPS) is 11.7. The molecule has 0 radical (unpaired) electrons. The maximum absolute atomic E-state index is 13.2. The number of hydrogen-bond acceptors (Lipinski definition) is 4. The fraction of sp³-hybridized carbons (Fsp3) is 0.150. The minimum absolute atomic E-state index is 0.0531. The molecule has 6 nitrogen and oxygen atoms in total. The van der Waals surface area contributed by atoms with Gasteiger partial charge in [-0.2, -0.15) is 4.68 Å². The van der Waals surface area contributed by atoms with Gasteiger partial charge in [0.15, 0.2) is 6.10 Å². The fourth-order valence-corrected chi connectivity index (χ4v) is 2.44. The molecule has 28 heavy (non-hydrogen) atoms. The molecule has 0 spiro atoms. The molecular formula is C20H17F2N3O3. The van der Waals surface area contributed by atoms with E-state index in [1.807, 2.05) is 0 Å². The summed E-state index contributed by atoms with van der Waals surface area (Å²) in [5.74, 6) is -1.20. The summed E-state index contributed by atoms with van der Waals surface area (Å²) in [5.41, 5.74) is 0.547. The Morgan fingerprint density at radius 2 is 1.86 bits per heavy atom. The van der Waals surface area contributed by atoms with Crippen molar-refractivity contribution in [3.05, 3.63) is 88.2 Å². The van der Waals surface area contributed by atoms with Gasteiger partial charge < -0.3 is 10.1 Å². The number of carbonyl (C=O) groups excluding carboxylic acids is 1. The number of hydrogen-bond donors (Lipinski definition) is 1. The number of aromatic nitrogens is 2. The second-order valence-electron chi connectivity index (χ2n) is 6.01. The number of nitrogens with zero attached hydrogens (tertiary/aromatic N) is 2. The average molecular weight is 385 g/mol. The van der Waals surface area contributed by atoms with Gasteiger partial charge in [-0.1, -0.05) is 12.1 Å². The second kappa shape index (κ2) is 8.43. The van der Waals surface area contributed by atoms with E-state index >= 15 is 0 Å². The zero-order valence-corrected chi connectivity index (χ0v) is 14.9. The molecular weight excluding hydrogens is 368 g/mol. The van der Waals surface area contributed by atoms with Crippen LogP contribution in [0.1, 0.15) is 12.5 Å². The van der Waals surface area contributed by atoms with Crippen molar-refractivity contribution in [1.29, 1.82) is 0 Å². The van der Waals surface area contributed by atoms with Crippen LogP contribution in [0, 0.1) is 11.6 Å². The first-order chi connectivity index (χ1) is 13.4. The van der Waals surface area contributed by atoms with Crippen LogP contribution in [-0.2, 0) is 11.3 Å². The molecule has 0 saturated carbocycles. The van der Waals surface area contributed by atoms with Crippen molar-refractivity contribution in [2.75, 3.05) is 0 Å². The summed E-state index contributed by atoms with van der Waals surface area (Å²) in [6, 6.07) is 13.7. The summed E-state index contributed by atoms with van der Waals surface area (Å²) in [6.07, 6.45) is -0.903. The molecule has 0 fully saturated rings. The summed E-state index contributed by atoms with van der Waals surface area (Å²) >= 11 is 0. The molecule has 0 aliphatic rings. The first-order valence-corrected chi connectivity index (χ1v) is 8.47. The minimum atomic E-state index is -0.903. The largest absolute Gasteiger partial charge is 0.464 e. The Morgan fingerprint density at radius 1 is 1.11 bits per heavy atom. The van der Waals surface area contributed by atoms with E-state index in [4.69, 9.17) is 4.74 Å². The van der Waals surface area contributed by atoms with Crippen molar-refractivity contribution in [2.24, 2.45) is 0 Å². The Balaban J connectivity index is 1.67. The second-order valence-corrected chi connectivity index (χ2v) is 6.01. The van der Waals surface area contributed by atoms with E-state index in [1.54, 1.807) is 12.1 Å². The molecule has 144 valence electrons. The highest BCUT2D eigenvalue weighted by Crippen LogP contribution is 2.10. The molecule has 1 heterocycles. The number of halogens is 2. The Kier molecular flexibility index (Phi) is 5.78. The Bertz CT molecular complexity index is 1040. The topological polar surface area (TPSA) is 73.2 Å². The summed E-state index contributed by atoms with van der Waals surface area (Å²) < 4.78 is 32.8. The summed E-state index contributed by atoms with van der Waals surface area (Å²) in [6.45, 7) is 1.67. The number of amides is 1. The first-order valence-electron chi connectivity index (χ1n) is 8.47. The van der Waals surface area contributed by atoms with Crippen molar-refractivity contribution < 1.29 is 18.3 Å². The van der Waals surface area contributed by atoms with Crippen LogP contribution in [0.25, 0.3) is 5.69 Å². The van der Waals surface area contributed by atoms with Gasteiger partial charge in [-0.05, 0) is 48.9 Å². The van der Waals surface area contributed by atoms with Gasteiger partial charge >= 0.3 is 0 Å². The molecule has 1 N–H and O–H groups in total. The molecule has 3 aromatic rings. The van der Waals surface area contributed by atoms with E-state index in [2.05, 4.69) is 10.4 Å². The molecule has 0 aliphatic carbocycles. The highest BCUT2D eigenvalue weighted by atomic mass is 19.1. The van der Waals surface area contributed by atoms with Gasteiger partial charge in [-0.25, -0.2) is 8.78 Å². The lowest BCUT2D eigenvalue weighted by Crippen LogP contribution is -2.36. The molecule has 0 bridgehead atoms. The lowest BCUT2D eigenvalue weighted by molar-refractivity contribution is -0.127. The molecule has 1 atom stereocenters. The van der Waals surface area contributed by atoms with E-state index in [1.165, 1.54) is 55.5 Å². The molecule has 1 aromatic heterocycles. The van der Waals surface area contributed by atoms with Crippen LogP contribution in [0.5, 0.6) is 5.88 Å².